The molecular formula is C18H14F5N5O. The van der Waals surface area contributed by atoms with Crippen molar-refractivity contribution < 1.29 is 26.7 Å². The lowest BCUT2D eigenvalue weighted by atomic mass is 10.1. The number of anilines is 1. The third-order valence-corrected chi connectivity index (χ3v) is 3.92. The third kappa shape index (κ3) is 4.33. The van der Waals surface area contributed by atoms with Crippen molar-refractivity contribution in [2.24, 2.45) is 0 Å². The molecule has 0 aliphatic heterocycles. The van der Waals surface area contributed by atoms with Crippen LogP contribution in [0.5, 0.6) is 0 Å². The molecule has 6 nitrogen and oxygen atoms in total. The van der Waals surface area contributed by atoms with Gasteiger partial charge in [-0.2, -0.15) is 10.2 Å². The number of rotatable bonds is 6. The number of halogens is 5. The number of aryl methyl sites for hydroxylation is 1. The molecule has 2 heterocycles. The van der Waals surface area contributed by atoms with E-state index >= 15 is 0 Å². The maximum Gasteiger partial charge on any atom is 0.249 e. The number of hydrogen-bond acceptors (Lipinski definition) is 3. The van der Waals surface area contributed by atoms with Gasteiger partial charge in [0.1, 0.15) is 0 Å². The van der Waals surface area contributed by atoms with Gasteiger partial charge in [0.15, 0.2) is 29.1 Å². The van der Waals surface area contributed by atoms with Gasteiger partial charge in [0.25, 0.3) is 0 Å². The topological polar surface area (TPSA) is 64.7 Å². The van der Waals surface area contributed by atoms with E-state index in [9.17, 15) is 26.7 Å². The van der Waals surface area contributed by atoms with Gasteiger partial charge in [0.2, 0.25) is 11.7 Å². The molecule has 0 fully saturated rings. The summed E-state index contributed by atoms with van der Waals surface area (Å²) in [6.07, 6.45) is 7.30. The molecule has 2 aromatic heterocycles. The van der Waals surface area contributed by atoms with Gasteiger partial charge in [-0.25, -0.2) is 22.0 Å². The fourth-order valence-corrected chi connectivity index (χ4v) is 2.45. The van der Waals surface area contributed by atoms with Crippen molar-refractivity contribution >= 4 is 17.8 Å². The summed E-state index contributed by atoms with van der Waals surface area (Å²) in [5, 5.41) is 10.3. The average molecular weight is 411 g/mol. The van der Waals surface area contributed by atoms with E-state index in [-0.39, 0.29) is 5.82 Å². The van der Waals surface area contributed by atoms with E-state index in [1.807, 2.05) is 6.92 Å². The van der Waals surface area contributed by atoms with Gasteiger partial charge in [-0.1, -0.05) is 0 Å². The molecule has 3 rings (SSSR count). The summed E-state index contributed by atoms with van der Waals surface area (Å²) in [6.45, 7) is 1.88. The van der Waals surface area contributed by atoms with Crippen molar-refractivity contribution in [3.05, 3.63) is 70.9 Å². The summed E-state index contributed by atoms with van der Waals surface area (Å²) in [7, 11) is 0. The predicted octanol–water partition coefficient (Wildman–Crippen LogP) is 3.50. The first kappa shape index (κ1) is 20.2. The SMILES string of the molecule is CCn1cc(/C=C/C(=O)Nc2ccn(Cc3c(F)c(F)c(F)c(F)c3F)n2)cn1. The maximum absolute atomic E-state index is 13.7. The van der Waals surface area contributed by atoms with Gasteiger partial charge >= 0.3 is 0 Å². The number of hydrogen-bond donors (Lipinski definition) is 1. The summed E-state index contributed by atoms with van der Waals surface area (Å²) >= 11 is 0. The number of nitrogens with zero attached hydrogens (tertiary/aromatic N) is 4. The van der Waals surface area contributed by atoms with Crippen LogP contribution in [0.1, 0.15) is 18.1 Å². The van der Waals surface area contributed by atoms with Crippen molar-refractivity contribution in [2.75, 3.05) is 5.32 Å². The fourth-order valence-electron chi connectivity index (χ4n) is 2.45. The maximum atomic E-state index is 13.7. The van der Waals surface area contributed by atoms with E-state index in [0.717, 1.165) is 4.68 Å². The standard InChI is InChI=1S/C18H14F5N5O/c1-2-27-8-10(7-24-27)3-4-13(29)25-12-5-6-28(26-12)9-11-14(19)16(21)18(23)17(22)15(11)20/h3-8H,2,9H2,1H3,(H,25,26,29)/b4-3+. The molecule has 0 spiro atoms. The molecule has 0 saturated carbocycles. The Labute approximate surface area is 161 Å². The molecule has 0 saturated heterocycles. The summed E-state index contributed by atoms with van der Waals surface area (Å²) in [6, 6.07) is 1.31. The predicted molar refractivity (Wildman–Crippen MR) is 93.1 cm³/mol. The molecular weight excluding hydrogens is 397 g/mol. The average Bonchev–Trinajstić information content (AvgIpc) is 3.35. The Morgan fingerprint density at radius 2 is 1.72 bits per heavy atom. The van der Waals surface area contributed by atoms with Gasteiger partial charge in [-0.3, -0.25) is 14.2 Å². The van der Waals surface area contributed by atoms with Crippen molar-refractivity contribution in [3.63, 3.8) is 0 Å². The molecule has 0 unspecified atom stereocenters. The molecule has 0 atom stereocenters. The molecule has 3 aromatic rings. The number of aromatic nitrogens is 4. The highest BCUT2D eigenvalue weighted by molar-refractivity contribution is 6.01. The van der Waals surface area contributed by atoms with Gasteiger partial charge in [0, 0.05) is 36.6 Å². The zero-order chi connectivity index (χ0) is 21.1. The summed E-state index contributed by atoms with van der Waals surface area (Å²) in [5.41, 5.74) is -0.325. The summed E-state index contributed by atoms with van der Waals surface area (Å²) < 4.78 is 69.7. The fraction of sp³-hybridized carbons (Fsp3) is 0.167. The number of nitrogens with one attached hydrogen (secondary N) is 1. The smallest absolute Gasteiger partial charge is 0.249 e. The minimum Gasteiger partial charge on any atom is -0.306 e. The van der Waals surface area contributed by atoms with Crippen LogP contribution in [0.3, 0.4) is 0 Å². The molecule has 29 heavy (non-hydrogen) atoms. The lowest BCUT2D eigenvalue weighted by Crippen LogP contribution is -2.12. The highest BCUT2D eigenvalue weighted by atomic mass is 19.2. The highest BCUT2D eigenvalue weighted by Gasteiger charge is 2.25. The minimum absolute atomic E-state index is 0.0350. The van der Waals surface area contributed by atoms with Crippen LogP contribution < -0.4 is 5.32 Å². The first-order valence-corrected chi connectivity index (χ1v) is 8.35. The van der Waals surface area contributed by atoms with Crippen molar-refractivity contribution in [3.8, 4) is 0 Å². The van der Waals surface area contributed by atoms with Crippen LogP contribution in [0.25, 0.3) is 6.08 Å². The zero-order valence-corrected chi connectivity index (χ0v) is 15.0. The minimum atomic E-state index is -2.23. The Morgan fingerprint density at radius 1 is 1.07 bits per heavy atom. The van der Waals surface area contributed by atoms with Crippen LogP contribution in [-0.4, -0.2) is 25.5 Å². The molecule has 0 radical (unpaired) electrons. The second-order valence-electron chi connectivity index (χ2n) is 5.90. The molecule has 1 amide bonds. The van der Waals surface area contributed by atoms with Crippen LogP contribution in [0.15, 0.2) is 30.7 Å². The second kappa shape index (κ2) is 8.25. The first-order valence-electron chi connectivity index (χ1n) is 8.35. The second-order valence-corrected chi connectivity index (χ2v) is 5.90. The Hall–Kier alpha value is -3.50. The van der Waals surface area contributed by atoms with E-state index in [4.69, 9.17) is 0 Å². The van der Waals surface area contributed by atoms with Gasteiger partial charge in [0.05, 0.1) is 18.3 Å². The summed E-state index contributed by atoms with van der Waals surface area (Å²) in [4.78, 5) is 11.9. The molecule has 0 aliphatic carbocycles. The Balaban J connectivity index is 1.69. The van der Waals surface area contributed by atoms with Gasteiger partial charge in [-0.15, -0.1) is 0 Å². The molecule has 0 aliphatic rings. The largest absolute Gasteiger partial charge is 0.306 e. The number of amides is 1. The summed E-state index contributed by atoms with van der Waals surface area (Å²) in [5.74, 6) is -10.7. The van der Waals surface area contributed by atoms with Crippen molar-refractivity contribution in [1.82, 2.24) is 19.6 Å². The van der Waals surface area contributed by atoms with Crippen LogP contribution >= 0.6 is 0 Å². The van der Waals surface area contributed by atoms with Crippen LogP contribution in [-0.2, 0) is 17.9 Å². The van der Waals surface area contributed by atoms with E-state index in [1.165, 1.54) is 24.4 Å². The Morgan fingerprint density at radius 3 is 2.34 bits per heavy atom. The number of carbonyl (C=O) groups excluding carboxylic acids is 1. The molecule has 11 heteroatoms. The number of benzene rings is 1. The van der Waals surface area contributed by atoms with E-state index in [1.54, 1.807) is 17.1 Å². The van der Waals surface area contributed by atoms with E-state index in [2.05, 4.69) is 15.5 Å². The van der Waals surface area contributed by atoms with Gasteiger partial charge in [-0.05, 0) is 13.0 Å². The Kier molecular flexibility index (Phi) is 5.76. The molecule has 1 N–H and O–H groups in total. The third-order valence-electron chi connectivity index (χ3n) is 3.92. The van der Waals surface area contributed by atoms with Crippen LogP contribution in [0, 0.1) is 29.1 Å². The zero-order valence-electron chi connectivity index (χ0n) is 15.0. The number of carbonyl (C=O) groups is 1. The van der Waals surface area contributed by atoms with E-state index < -0.39 is 47.1 Å². The lowest BCUT2D eigenvalue weighted by Gasteiger charge is -2.08. The molecule has 152 valence electrons. The molecule has 0 bridgehead atoms. The van der Waals surface area contributed by atoms with Crippen LogP contribution in [0.2, 0.25) is 0 Å². The Bertz CT molecular complexity index is 1060. The normalized spacial score (nSPS) is 11.4. The highest BCUT2D eigenvalue weighted by Crippen LogP contribution is 2.23. The van der Waals surface area contributed by atoms with E-state index in [0.29, 0.717) is 12.1 Å². The molecule has 1 aromatic carbocycles. The van der Waals surface area contributed by atoms with Crippen molar-refractivity contribution in [1.29, 1.82) is 0 Å². The van der Waals surface area contributed by atoms with Crippen LogP contribution in [0.4, 0.5) is 27.8 Å². The first-order chi connectivity index (χ1) is 13.8. The quantitative estimate of drug-likeness (QED) is 0.292. The van der Waals surface area contributed by atoms with Crippen molar-refractivity contribution in [2.45, 2.75) is 20.0 Å². The monoisotopic (exact) mass is 411 g/mol. The van der Waals surface area contributed by atoms with Gasteiger partial charge < -0.3 is 5.32 Å². The lowest BCUT2D eigenvalue weighted by molar-refractivity contribution is -0.111.